The van der Waals surface area contributed by atoms with E-state index in [-0.39, 0.29) is 0 Å². The van der Waals surface area contributed by atoms with Gasteiger partial charge in [0.05, 0.1) is 18.1 Å². The summed E-state index contributed by atoms with van der Waals surface area (Å²) in [7, 11) is 0. The van der Waals surface area contributed by atoms with Crippen molar-refractivity contribution in [3.63, 3.8) is 0 Å². The standard InChI is InChI=1S/C16H21N3O/c1-4-17-16-10-18-14(9-19-16)11-20-15-7-5-6-13(8-15)12(2)3/h5-10,12H,4,11H2,1-3H3,(H,17,19). The fourth-order valence-corrected chi connectivity index (χ4v) is 1.82. The van der Waals surface area contributed by atoms with Crippen molar-refractivity contribution in [2.24, 2.45) is 0 Å². The quantitative estimate of drug-likeness (QED) is 0.872. The third-order valence-electron chi connectivity index (χ3n) is 2.97. The maximum absolute atomic E-state index is 5.76. The van der Waals surface area contributed by atoms with Gasteiger partial charge in [0.1, 0.15) is 18.2 Å². The van der Waals surface area contributed by atoms with Crippen LogP contribution in [0.1, 0.15) is 37.9 Å². The predicted molar refractivity (Wildman–Crippen MR) is 81.1 cm³/mol. The van der Waals surface area contributed by atoms with Crippen LogP contribution in [-0.4, -0.2) is 16.5 Å². The normalized spacial score (nSPS) is 10.6. The van der Waals surface area contributed by atoms with Crippen LogP contribution in [0, 0.1) is 0 Å². The molecule has 0 aliphatic rings. The topological polar surface area (TPSA) is 47.0 Å². The summed E-state index contributed by atoms with van der Waals surface area (Å²) in [5.41, 5.74) is 2.10. The van der Waals surface area contributed by atoms with Gasteiger partial charge in [0.25, 0.3) is 0 Å². The van der Waals surface area contributed by atoms with Gasteiger partial charge in [0.15, 0.2) is 0 Å². The maximum Gasteiger partial charge on any atom is 0.144 e. The highest BCUT2D eigenvalue weighted by atomic mass is 16.5. The van der Waals surface area contributed by atoms with Crippen LogP contribution in [0.5, 0.6) is 5.75 Å². The molecule has 106 valence electrons. The zero-order chi connectivity index (χ0) is 14.4. The molecule has 0 spiro atoms. The Balaban J connectivity index is 1.96. The second-order valence-electron chi connectivity index (χ2n) is 4.94. The average Bonchev–Trinajstić information content (AvgIpc) is 2.47. The summed E-state index contributed by atoms with van der Waals surface area (Å²) in [6.45, 7) is 7.64. The average molecular weight is 271 g/mol. The summed E-state index contributed by atoms with van der Waals surface area (Å²) in [4.78, 5) is 8.59. The molecular formula is C16H21N3O. The first-order valence-corrected chi connectivity index (χ1v) is 6.96. The lowest BCUT2D eigenvalue weighted by Gasteiger charge is -2.10. The van der Waals surface area contributed by atoms with Crippen LogP contribution >= 0.6 is 0 Å². The second kappa shape index (κ2) is 6.89. The number of nitrogens with zero attached hydrogens (tertiary/aromatic N) is 2. The highest BCUT2D eigenvalue weighted by molar-refractivity contribution is 5.31. The minimum absolute atomic E-state index is 0.432. The molecule has 0 unspecified atom stereocenters. The van der Waals surface area contributed by atoms with Crippen molar-refractivity contribution in [2.45, 2.75) is 33.3 Å². The smallest absolute Gasteiger partial charge is 0.144 e. The summed E-state index contributed by atoms with van der Waals surface area (Å²) < 4.78 is 5.76. The highest BCUT2D eigenvalue weighted by Gasteiger charge is 2.02. The Morgan fingerprint density at radius 1 is 1.20 bits per heavy atom. The molecule has 2 aromatic rings. The molecule has 0 bridgehead atoms. The van der Waals surface area contributed by atoms with Gasteiger partial charge in [-0.05, 0) is 30.5 Å². The number of aromatic nitrogens is 2. The third kappa shape index (κ3) is 3.95. The first-order valence-electron chi connectivity index (χ1n) is 6.96. The van der Waals surface area contributed by atoms with Gasteiger partial charge >= 0.3 is 0 Å². The van der Waals surface area contributed by atoms with Crippen LogP contribution in [0.4, 0.5) is 5.82 Å². The largest absolute Gasteiger partial charge is 0.487 e. The van der Waals surface area contributed by atoms with Crippen LogP contribution in [-0.2, 0) is 6.61 Å². The number of hydrogen-bond acceptors (Lipinski definition) is 4. The molecule has 1 aromatic carbocycles. The van der Waals surface area contributed by atoms with E-state index in [0.29, 0.717) is 12.5 Å². The van der Waals surface area contributed by atoms with Crippen LogP contribution in [0.25, 0.3) is 0 Å². The Labute approximate surface area is 120 Å². The summed E-state index contributed by atoms with van der Waals surface area (Å²) in [5.74, 6) is 2.16. The molecule has 4 nitrogen and oxygen atoms in total. The lowest BCUT2D eigenvalue weighted by atomic mass is 10.0. The van der Waals surface area contributed by atoms with Crippen molar-refractivity contribution < 1.29 is 4.74 Å². The molecule has 0 saturated heterocycles. The summed E-state index contributed by atoms with van der Waals surface area (Å²) in [5, 5.41) is 3.11. The SMILES string of the molecule is CCNc1cnc(COc2cccc(C(C)C)c2)cn1. The van der Waals surface area contributed by atoms with Crippen molar-refractivity contribution in [1.82, 2.24) is 9.97 Å². The van der Waals surface area contributed by atoms with Gasteiger partial charge in [-0.3, -0.25) is 4.98 Å². The molecule has 1 heterocycles. The van der Waals surface area contributed by atoms with E-state index < -0.39 is 0 Å². The molecule has 0 amide bonds. The van der Waals surface area contributed by atoms with E-state index >= 15 is 0 Å². The fourth-order valence-electron chi connectivity index (χ4n) is 1.82. The molecule has 0 atom stereocenters. The number of anilines is 1. The van der Waals surface area contributed by atoms with Gasteiger partial charge in [0, 0.05) is 6.54 Å². The summed E-state index contributed by atoms with van der Waals surface area (Å²) >= 11 is 0. The van der Waals surface area contributed by atoms with Crippen molar-refractivity contribution in [3.8, 4) is 5.75 Å². The van der Waals surface area contributed by atoms with E-state index in [1.807, 2.05) is 19.1 Å². The number of benzene rings is 1. The van der Waals surface area contributed by atoms with Crippen molar-refractivity contribution in [3.05, 3.63) is 47.9 Å². The Hall–Kier alpha value is -2.10. The van der Waals surface area contributed by atoms with Crippen LogP contribution in [0.15, 0.2) is 36.7 Å². The molecule has 0 fully saturated rings. The third-order valence-corrected chi connectivity index (χ3v) is 2.97. The molecular weight excluding hydrogens is 250 g/mol. The number of hydrogen-bond donors (Lipinski definition) is 1. The minimum Gasteiger partial charge on any atom is -0.487 e. The van der Waals surface area contributed by atoms with Crippen LogP contribution in [0.2, 0.25) is 0 Å². The van der Waals surface area contributed by atoms with E-state index in [9.17, 15) is 0 Å². The molecule has 20 heavy (non-hydrogen) atoms. The van der Waals surface area contributed by atoms with E-state index in [2.05, 4.69) is 41.3 Å². The highest BCUT2D eigenvalue weighted by Crippen LogP contribution is 2.20. The van der Waals surface area contributed by atoms with E-state index in [1.54, 1.807) is 12.4 Å². The molecule has 0 aliphatic carbocycles. The molecule has 4 heteroatoms. The Morgan fingerprint density at radius 2 is 2.05 bits per heavy atom. The lowest BCUT2D eigenvalue weighted by molar-refractivity contribution is 0.300. The Bertz CT molecular complexity index is 538. The maximum atomic E-state index is 5.76. The van der Waals surface area contributed by atoms with Crippen LogP contribution in [0.3, 0.4) is 0 Å². The van der Waals surface area contributed by atoms with Crippen molar-refractivity contribution in [2.75, 3.05) is 11.9 Å². The minimum atomic E-state index is 0.432. The van der Waals surface area contributed by atoms with Gasteiger partial charge in [0.2, 0.25) is 0 Å². The Morgan fingerprint density at radius 3 is 2.70 bits per heavy atom. The molecule has 2 rings (SSSR count). The van der Waals surface area contributed by atoms with Gasteiger partial charge < -0.3 is 10.1 Å². The molecule has 1 N–H and O–H groups in total. The van der Waals surface area contributed by atoms with Crippen LogP contribution < -0.4 is 10.1 Å². The first kappa shape index (κ1) is 14.3. The van der Waals surface area contributed by atoms with Gasteiger partial charge in [-0.15, -0.1) is 0 Å². The zero-order valence-corrected chi connectivity index (χ0v) is 12.3. The number of ether oxygens (including phenoxy) is 1. The van der Waals surface area contributed by atoms with E-state index in [0.717, 1.165) is 23.8 Å². The van der Waals surface area contributed by atoms with Crippen molar-refractivity contribution >= 4 is 5.82 Å². The second-order valence-corrected chi connectivity index (χ2v) is 4.94. The number of nitrogens with one attached hydrogen (secondary N) is 1. The Kier molecular flexibility index (Phi) is 4.93. The molecule has 0 aliphatic heterocycles. The monoisotopic (exact) mass is 271 g/mol. The zero-order valence-electron chi connectivity index (χ0n) is 12.3. The van der Waals surface area contributed by atoms with Gasteiger partial charge in [-0.1, -0.05) is 26.0 Å². The number of rotatable bonds is 6. The summed E-state index contributed by atoms with van der Waals surface area (Å²) in [6, 6.07) is 8.17. The van der Waals surface area contributed by atoms with Crippen molar-refractivity contribution in [1.29, 1.82) is 0 Å². The van der Waals surface area contributed by atoms with Gasteiger partial charge in [-0.2, -0.15) is 0 Å². The molecule has 1 aromatic heterocycles. The molecule has 0 radical (unpaired) electrons. The summed E-state index contributed by atoms with van der Waals surface area (Å²) in [6.07, 6.45) is 3.47. The predicted octanol–water partition coefficient (Wildman–Crippen LogP) is 3.61. The van der Waals surface area contributed by atoms with Gasteiger partial charge in [-0.25, -0.2) is 4.98 Å². The lowest BCUT2D eigenvalue weighted by Crippen LogP contribution is -2.03. The molecule has 0 saturated carbocycles. The first-order chi connectivity index (χ1) is 9.69. The fraction of sp³-hybridized carbons (Fsp3) is 0.375. The van der Waals surface area contributed by atoms with E-state index in [4.69, 9.17) is 4.74 Å². The van der Waals surface area contributed by atoms with E-state index in [1.165, 1.54) is 5.56 Å².